The molecule has 0 bridgehead atoms. The molecule has 1 aliphatic rings. The third-order valence-electron chi connectivity index (χ3n) is 1.54. The summed E-state index contributed by atoms with van der Waals surface area (Å²) in [5, 5.41) is 5.19. The van der Waals surface area contributed by atoms with Crippen molar-refractivity contribution in [2.24, 2.45) is 5.14 Å². The highest BCUT2D eigenvalue weighted by molar-refractivity contribution is 8.00. The van der Waals surface area contributed by atoms with Gasteiger partial charge in [0.15, 0.2) is 0 Å². The van der Waals surface area contributed by atoms with E-state index in [1.54, 1.807) is 11.8 Å². The van der Waals surface area contributed by atoms with E-state index in [-0.39, 0.29) is 0 Å². The zero-order chi connectivity index (χ0) is 8.32. The normalized spacial score (nSPS) is 25.7. The third kappa shape index (κ3) is 3.95. The lowest BCUT2D eigenvalue weighted by Gasteiger charge is -2.07. The van der Waals surface area contributed by atoms with Gasteiger partial charge in [-0.15, -0.1) is 0 Å². The smallest absolute Gasteiger partial charge is 0.216 e. The van der Waals surface area contributed by atoms with E-state index in [1.165, 1.54) is 6.42 Å². The maximum absolute atomic E-state index is 10.4. The number of hydrogen-bond donors (Lipinski definition) is 2. The summed E-state index contributed by atoms with van der Waals surface area (Å²) in [4.78, 5) is 0. The predicted octanol–water partition coefficient (Wildman–Crippen LogP) is -0.325. The predicted molar refractivity (Wildman–Crippen MR) is 46.6 cm³/mol. The lowest BCUT2D eigenvalue weighted by Crippen LogP contribution is -2.35. The Bertz CT molecular complexity index is 209. The topological polar surface area (TPSA) is 72.2 Å². The second kappa shape index (κ2) is 3.75. The number of hydrogen-bond acceptors (Lipinski definition) is 3. The van der Waals surface area contributed by atoms with Crippen LogP contribution in [-0.4, -0.2) is 26.0 Å². The van der Waals surface area contributed by atoms with Crippen LogP contribution in [0.15, 0.2) is 0 Å². The largest absolute Gasteiger partial charge is 0.274 e. The number of thioether (sulfide) groups is 1. The molecule has 0 aliphatic carbocycles. The van der Waals surface area contributed by atoms with E-state index >= 15 is 0 Å². The molecule has 0 spiro atoms. The average molecular weight is 196 g/mol. The summed E-state index contributed by atoms with van der Waals surface area (Å²) < 4.78 is 23.2. The molecule has 0 aromatic heterocycles. The molecule has 1 fully saturated rings. The molecular weight excluding hydrogens is 184 g/mol. The minimum atomic E-state index is -3.47. The van der Waals surface area contributed by atoms with Gasteiger partial charge in [-0.3, -0.25) is 0 Å². The van der Waals surface area contributed by atoms with Crippen molar-refractivity contribution < 1.29 is 8.42 Å². The summed E-state index contributed by atoms with van der Waals surface area (Å²) in [6.07, 6.45) is 2.27. The first-order chi connectivity index (χ1) is 5.08. The molecular formula is C5H12N2O2S2. The van der Waals surface area contributed by atoms with Gasteiger partial charge in [-0.05, 0) is 18.6 Å². The molecule has 0 radical (unpaired) electrons. The first-order valence-corrected chi connectivity index (χ1v) is 6.06. The average Bonchev–Trinajstić information content (AvgIpc) is 2.32. The molecule has 3 N–H and O–H groups in total. The van der Waals surface area contributed by atoms with Gasteiger partial charge in [0.1, 0.15) is 0 Å². The second-order valence-corrected chi connectivity index (χ2v) is 5.32. The van der Waals surface area contributed by atoms with Crippen molar-refractivity contribution in [1.82, 2.24) is 4.72 Å². The van der Waals surface area contributed by atoms with Gasteiger partial charge in [0, 0.05) is 11.8 Å². The molecule has 0 saturated carbocycles. The van der Waals surface area contributed by atoms with Crippen LogP contribution in [0.25, 0.3) is 0 Å². The fourth-order valence-corrected chi connectivity index (χ4v) is 2.75. The van der Waals surface area contributed by atoms with Crippen LogP contribution in [0.3, 0.4) is 0 Å². The van der Waals surface area contributed by atoms with Gasteiger partial charge >= 0.3 is 0 Å². The minimum absolute atomic E-state index is 0.424. The Kier molecular flexibility index (Phi) is 3.17. The lowest BCUT2D eigenvalue weighted by molar-refractivity contribution is 0.581. The van der Waals surface area contributed by atoms with Crippen LogP contribution in [0.2, 0.25) is 0 Å². The Morgan fingerprint density at radius 3 is 2.82 bits per heavy atom. The summed E-state index contributed by atoms with van der Waals surface area (Å²) in [6.45, 7) is 0.476. The first kappa shape index (κ1) is 9.31. The molecule has 4 nitrogen and oxygen atoms in total. The zero-order valence-corrected chi connectivity index (χ0v) is 7.75. The SMILES string of the molecule is NS(=O)(=O)NCC1CCCS1. The van der Waals surface area contributed by atoms with Gasteiger partial charge in [0.25, 0.3) is 10.2 Å². The Morgan fingerprint density at radius 1 is 1.64 bits per heavy atom. The van der Waals surface area contributed by atoms with Crippen molar-refractivity contribution in [3.05, 3.63) is 0 Å². The van der Waals surface area contributed by atoms with Crippen LogP contribution in [-0.2, 0) is 10.2 Å². The van der Waals surface area contributed by atoms with Crippen molar-refractivity contribution >= 4 is 22.0 Å². The molecule has 0 aromatic carbocycles. The van der Waals surface area contributed by atoms with Crippen LogP contribution in [0, 0.1) is 0 Å². The van der Waals surface area contributed by atoms with E-state index in [2.05, 4.69) is 4.72 Å². The molecule has 11 heavy (non-hydrogen) atoms. The van der Waals surface area contributed by atoms with Crippen molar-refractivity contribution in [2.75, 3.05) is 12.3 Å². The Hall–Kier alpha value is 0.220. The summed E-state index contributed by atoms with van der Waals surface area (Å²) >= 11 is 1.80. The van der Waals surface area contributed by atoms with Gasteiger partial charge < -0.3 is 0 Å². The van der Waals surface area contributed by atoms with Crippen LogP contribution < -0.4 is 9.86 Å². The molecule has 1 aliphatic heterocycles. The van der Waals surface area contributed by atoms with Gasteiger partial charge in [-0.25, -0.2) is 9.86 Å². The van der Waals surface area contributed by atoms with E-state index in [0.29, 0.717) is 11.8 Å². The van der Waals surface area contributed by atoms with Crippen molar-refractivity contribution in [3.63, 3.8) is 0 Å². The summed E-state index contributed by atoms with van der Waals surface area (Å²) in [5.41, 5.74) is 0. The molecule has 1 unspecified atom stereocenters. The Labute approximate surface area is 71.1 Å². The van der Waals surface area contributed by atoms with Crippen LogP contribution >= 0.6 is 11.8 Å². The summed E-state index contributed by atoms with van der Waals surface area (Å²) in [6, 6.07) is 0. The monoisotopic (exact) mass is 196 g/mol. The second-order valence-electron chi connectivity index (χ2n) is 2.53. The maximum atomic E-state index is 10.4. The van der Waals surface area contributed by atoms with E-state index < -0.39 is 10.2 Å². The zero-order valence-electron chi connectivity index (χ0n) is 6.12. The number of nitrogens with one attached hydrogen (secondary N) is 1. The molecule has 1 saturated heterocycles. The Morgan fingerprint density at radius 2 is 2.36 bits per heavy atom. The van der Waals surface area contributed by atoms with Crippen molar-refractivity contribution in [1.29, 1.82) is 0 Å². The van der Waals surface area contributed by atoms with Crippen LogP contribution in [0.5, 0.6) is 0 Å². The molecule has 0 aromatic rings. The fraction of sp³-hybridized carbons (Fsp3) is 1.00. The van der Waals surface area contributed by atoms with Gasteiger partial charge in [0.2, 0.25) is 0 Å². The molecule has 0 amide bonds. The quantitative estimate of drug-likeness (QED) is 0.649. The van der Waals surface area contributed by atoms with Gasteiger partial charge in [-0.1, -0.05) is 0 Å². The minimum Gasteiger partial charge on any atom is -0.216 e. The van der Waals surface area contributed by atoms with Crippen molar-refractivity contribution in [3.8, 4) is 0 Å². The summed E-state index contributed by atoms with van der Waals surface area (Å²) in [5.74, 6) is 1.14. The third-order valence-corrected chi connectivity index (χ3v) is 3.50. The van der Waals surface area contributed by atoms with Gasteiger partial charge in [0.05, 0.1) is 0 Å². The maximum Gasteiger partial charge on any atom is 0.274 e. The Balaban J connectivity index is 2.22. The van der Waals surface area contributed by atoms with Crippen LogP contribution in [0.1, 0.15) is 12.8 Å². The highest BCUT2D eigenvalue weighted by Gasteiger charge is 2.16. The molecule has 66 valence electrons. The molecule has 1 rings (SSSR count). The van der Waals surface area contributed by atoms with Crippen LogP contribution in [0.4, 0.5) is 0 Å². The lowest BCUT2D eigenvalue weighted by atomic mass is 10.2. The summed E-state index contributed by atoms with van der Waals surface area (Å²) in [7, 11) is -3.47. The number of rotatable bonds is 3. The fourth-order valence-electron chi connectivity index (χ4n) is 1.01. The number of nitrogens with two attached hydrogens (primary N) is 1. The highest BCUT2D eigenvalue weighted by Crippen LogP contribution is 2.25. The van der Waals surface area contributed by atoms with E-state index in [1.807, 2.05) is 0 Å². The molecule has 1 atom stereocenters. The molecule has 6 heteroatoms. The molecule has 1 heterocycles. The van der Waals surface area contributed by atoms with Gasteiger partial charge in [-0.2, -0.15) is 20.2 Å². The van der Waals surface area contributed by atoms with E-state index in [4.69, 9.17) is 5.14 Å². The first-order valence-electron chi connectivity index (χ1n) is 3.47. The standard InChI is InChI=1S/C5H12N2O2S2/c6-11(8,9)7-4-5-2-1-3-10-5/h5,7H,1-4H2,(H2,6,8,9). The van der Waals surface area contributed by atoms with E-state index in [0.717, 1.165) is 12.2 Å². The highest BCUT2D eigenvalue weighted by atomic mass is 32.2. The van der Waals surface area contributed by atoms with E-state index in [9.17, 15) is 8.42 Å². The van der Waals surface area contributed by atoms with Crippen molar-refractivity contribution in [2.45, 2.75) is 18.1 Å².